The zero-order valence-electron chi connectivity index (χ0n) is 13.5. The van der Waals surface area contributed by atoms with Gasteiger partial charge in [0.25, 0.3) is 0 Å². The van der Waals surface area contributed by atoms with Crippen LogP contribution in [-0.2, 0) is 4.74 Å². The van der Waals surface area contributed by atoms with Gasteiger partial charge in [-0.25, -0.2) is 4.79 Å². The molecule has 1 amide bonds. The minimum atomic E-state index is -0.547. The number of nitriles is 1. The number of carbonyl (C=O) groups is 1. The third-order valence-electron chi connectivity index (χ3n) is 3.68. The van der Waals surface area contributed by atoms with E-state index in [4.69, 9.17) is 4.74 Å². The summed E-state index contributed by atoms with van der Waals surface area (Å²) >= 11 is 0. The molecule has 21 heavy (non-hydrogen) atoms. The van der Waals surface area contributed by atoms with Crippen LogP contribution in [0.25, 0.3) is 0 Å². The largest absolute Gasteiger partial charge is 0.444 e. The van der Waals surface area contributed by atoms with Crippen molar-refractivity contribution in [2.45, 2.75) is 51.7 Å². The average molecular weight is 297 g/mol. The lowest BCUT2D eigenvalue weighted by atomic mass is 9.75. The van der Waals surface area contributed by atoms with Crippen molar-refractivity contribution in [3.05, 3.63) is 0 Å². The van der Waals surface area contributed by atoms with Crippen LogP contribution in [0.15, 0.2) is 0 Å². The van der Waals surface area contributed by atoms with Crippen molar-refractivity contribution >= 4 is 6.09 Å². The van der Waals surface area contributed by atoms with Crippen LogP contribution in [0.5, 0.6) is 0 Å². The summed E-state index contributed by atoms with van der Waals surface area (Å²) in [6.07, 6.45) is 0.715. The molecule has 0 unspecified atom stereocenters. The number of rotatable bonds is 4. The van der Waals surface area contributed by atoms with E-state index in [1.54, 1.807) is 11.9 Å². The minimum absolute atomic E-state index is 0.329. The number of carbonyl (C=O) groups excluding carboxylic acids is 1. The summed E-state index contributed by atoms with van der Waals surface area (Å²) in [5.41, 5.74) is -1.06. The molecule has 0 aromatic rings. The Morgan fingerprint density at radius 2 is 2.05 bits per heavy atom. The van der Waals surface area contributed by atoms with Crippen LogP contribution in [-0.4, -0.2) is 54.5 Å². The summed E-state index contributed by atoms with van der Waals surface area (Å²) in [5, 5.41) is 22.3. The molecule has 1 rings (SSSR count). The van der Waals surface area contributed by atoms with Gasteiger partial charge in [-0.3, -0.25) is 0 Å². The predicted octanol–water partition coefficient (Wildman–Crippen LogP) is 1.50. The van der Waals surface area contributed by atoms with E-state index in [9.17, 15) is 15.2 Å². The highest BCUT2D eigenvalue weighted by Gasteiger charge is 2.38. The maximum absolute atomic E-state index is 12.0. The van der Waals surface area contributed by atoms with Crippen LogP contribution in [0.4, 0.5) is 4.79 Å². The van der Waals surface area contributed by atoms with Crippen molar-refractivity contribution in [3.8, 4) is 6.07 Å². The number of piperidine rings is 1. The molecule has 1 atom stereocenters. The molecule has 0 bridgehead atoms. The standard InChI is InChI=1S/C15H27N3O3/c1-14(2,3)21-13(20)18-7-5-15(11-16,6-8-18)9-12(19)10-17-4/h12,17,19H,5-10H2,1-4H3/t12-/m0/s1. The number of aliphatic hydroxyl groups is 1. The summed E-state index contributed by atoms with van der Waals surface area (Å²) < 4.78 is 5.34. The number of hydrogen-bond acceptors (Lipinski definition) is 5. The highest BCUT2D eigenvalue weighted by Crippen LogP contribution is 2.35. The number of nitrogens with zero attached hydrogens (tertiary/aromatic N) is 2. The molecule has 6 heteroatoms. The van der Waals surface area contributed by atoms with Crippen LogP contribution in [0.2, 0.25) is 0 Å². The molecule has 120 valence electrons. The van der Waals surface area contributed by atoms with Gasteiger partial charge in [-0.2, -0.15) is 5.26 Å². The zero-order valence-corrected chi connectivity index (χ0v) is 13.5. The van der Waals surface area contributed by atoms with Crippen molar-refractivity contribution in [3.63, 3.8) is 0 Å². The highest BCUT2D eigenvalue weighted by atomic mass is 16.6. The van der Waals surface area contributed by atoms with E-state index in [1.165, 1.54) is 0 Å². The summed E-state index contributed by atoms with van der Waals surface area (Å²) in [6, 6.07) is 2.35. The molecule has 0 aliphatic carbocycles. The fourth-order valence-electron chi connectivity index (χ4n) is 2.56. The van der Waals surface area contributed by atoms with Gasteiger partial charge in [0.15, 0.2) is 0 Å². The Kier molecular flexibility index (Phi) is 5.99. The van der Waals surface area contributed by atoms with E-state index < -0.39 is 17.1 Å². The van der Waals surface area contributed by atoms with Crippen LogP contribution in [0.3, 0.4) is 0 Å². The maximum atomic E-state index is 12.0. The van der Waals surface area contributed by atoms with Gasteiger partial charge in [-0.1, -0.05) is 0 Å². The molecule has 1 heterocycles. The molecule has 2 N–H and O–H groups in total. The topological polar surface area (TPSA) is 85.6 Å². The highest BCUT2D eigenvalue weighted by molar-refractivity contribution is 5.68. The summed E-state index contributed by atoms with van der Waals surface area (Å²) in [7, 11) is 1.77. The first kappa shape index (κ1) is 17.7. The molecule has 0 spiro atoms. The Morgan fingerprint density at radius 1 is 1.48 bits per heavy atom. The van der Waals surface area contributed by atoms with E-state index in [-0.39, 0.29) is 6.09 Å². The number of hydrogen-bond donors (Lipinski definition) is 2. The lowest BCUT2D eigenvalue weighted by molar-refractivity contribution is 0.0102. The van der Waals surface area contributed by atoms with Crippen LogP contribution in [0, 0.1) is 16.7 Å². The van der Waals surface area contributed by atoms with Crippen molar-refractivity contribution in [1.29, 1.82) is 5.26 Å². The third-order valence-corrected chi connectivity index (χ3v) is 3.68. The van der Waals surface area contributed by atoms with Crippen LogP contribution in [0.1, 0.15) is 40.0 Å². The van der Waals surface area contributed by atoms with E-state index in [0.717, 1.165) is 0 Å². The molecule has 1 saturated heterocycles. The van der Waals surface area contributed by atoms with Crippen molar-refractivity contribution in [1.82, 2.24) is 10.2 Å². The lowest BCUT2D eigenvalue weighted by Crippen LogP contribution is -2.46. The SMILES string of the molecule is CNC[C@@H](O)CC1(C#N)CCN(C(=O)OC(C)(C)C)CC1. The lowest BCUT2D eigenvalue weighted by Gasteiger charge is -2.38. The fourth-order valence-corrected chi connectivity index (χ4v) is 2.56. The molecule has 1 aliphatic heterocycles. The normalized spacial score (nSPS) is 19.7. The monoisotopic (exact) mass is 297 g/mol. The van der Waals surface area contributed by atoms with Crippen LogP contribution < -0.4 is 5.32 Å². The number of aliphatic hydroxyl groups excluding tert-OH is 1. The predicted molar refractivity (Wildman–Crippen MR) is 79.6 cm³/mol. The molecule has 0 radical (unpaired) electrons. The van der Waals surface area contributed by atoms with E-state index in [0.29, 0.717) is 38.9 Å². The van der Waals surface area contributed by atoms with Gasteiger partial charge in [0.1, 0.15) is 5.60 Å². The molecule has 0 aromatic heterocycles. The molecular weight excluding hydrogens is 270 g/mol. The van der Waals surface area contributed by atoms with Gasteiger partial charge in [0.2, 0.25) is 0 Å². The average Bonchev–Trinajstić information content (AvgIpc) is 2.37. The number of likely N-dealkylation sites (tertiary alicyclic amines) is 1. The number of amides is 1. The minimum Gasteiger partial charge on any atom is -0.444 e. The van der Waals surface area contributed by atoms with Gasteiger partial charge in [-0.05, 0) is 47.1 Å². The molecular formula is C15H27N3O3. The Hall–Kier alpha value is -1.32. The first-order chi connectivity index (χ1) is 9.71. The zero-order chi connectivity index (χ0) is 16.1. The number of ether oxygens (including phenoxy) is 1. The Bertz CT molecular complexity index is 390. The van der Waals surface area contributed by atoms with E-state index in [1.807, 2.05) is 20.8 Å². The second-order valence-electron chi connectivity index (χ2n) is 6.78. The second-order valence-corrected chi connectivity index (χ2v) is 6.78. The van der Waals surface area contributed by atoms with E-state index >= 15 is 0 Å². The second kappa shape index (κ2) is 7.10. The summed E-state index contributed by atoms with van der Waals surface area (Å²) in [4.78, 5) is 13.6. The molecule has 1 fully saturated rings. The van der Waals surface area contributed by atoms with E-state index in [2.05, 4.69) is 11.4 Å². The summed E-state index contributed by atoms with van der Waals surface area (Å²) in [6.45, 7) is 6.97. The molecule has 0 aromatic carbocycles. The smallest absolute Gasteiger partial charge is 0.410 e. The van der Waals surface area contributed by atoms with Gasteiger partial charge < -0.3 is 20.1 Å². The van der Waals surface area contributed by atoms with Crippen molar-refractivity contribution in [2.24, 2.45) is 5.41 Å². The molecule has 6 nitrogen and oxygen atoms in total. The third kappa shape index (κ3) is 5.52. The van der Waals surface area contributed by atoms with Gasteiger partial charge in [0.05, 0.1) is 17.6 Å². The number of likely N-dealkylation sites (N-methyl/N-ethyl adjacent to an activating group) is 1. The number of nitrogens with one attached hydrogen (secondary N) is 1. The van der Waals surface area contributed by atoms with Gasteiger partial charge >= 0.3 is 6.09 Å². The molecule has 1 aliphatic rings. The maximum Gasteiger partial charge on any atom is 0.410 e. The van der Waals surface area contributed by atoms with Crippen LogP contribution >= 0.6 is 0 Å². The molecule has 0 saturated carbocycles. The Morgan fingerprint density at radius 3 is 2.48 bits per heavy atom. The van der Waals surface area contributed by atoms with Crippen molar-refractivity contribution < 1.29 is 14.6 Å². The fraction of sp³-hybridized carbons (Fsp3) is 0.867. The first-order valence-electron chi connectivity index (χ1n) is 7.43. The van der Waals surface area contributed by atoms with Crippen molar-refractivity contribution in [2.75, 3.05) is 26.7 Å². The first-order valence-corrected chi connectivity index (χ1v) is 7.43. The van der Waals surface area contributed by atoms with Gasteiger partial charge in [0, 0.05) is 19.6 Å². The van der Waals surface area contributed by atoms with Gasteiger partial charge in [-0.15, -0.1) is 0 Å². The Labute approximate surface area is 127 Å². The quantitative estimate of drug-likeness (QED) is 0.821. The Balaban J connectivity index is 2.56. The summed E-state index contributed by atoms with van der Waals surface area (Å²) in [5.74, 6) is 0.